The summed E-state index contributed by atoms with van der Waals surface area (Å²) in [6.07, 6.45) is 26.7. The largest absolute Gasteiger partial charge is 0.310 e. The minimum atomic E-state index is -0.518. The molecule has 0 amide bonds. The lowest BCUT2D eigenvalue weighted by Gasteiger charge is -2.32. The third-order valence-electron chi connectivity index (χ3n) is 21.4. The second kappa shape index (κ2) is 21.5. The Balaban J connectivity index is 0.839. The van der Waals surface area contributed by atoms with Crippen LogP contribution in [0.4, 0.5) is 34.1 Å². The van der Waals surface area contributed by atoms with Gasteiger partial charge in [0.25, 0.3) is 0 Å². The van der Waals surface area contributed by atoms with Crippen molar-refractivity contribution in [1.82, 2.24) is 0 Å². The van der Waals surface area contributed by atoms with Gasteiger partial charge in [0.1, 0.15) is 0 Å². The van der Waals surface area contributed by atoms with Gasteiger partial charge in [0.15, 0.2) is 0 Å². The van der Waals surface area contributed by atoms with Gasteiger partial charge in [0.05, 0.1) is 5.41 Å². The Labute approximate surface area is 493 Å². The van der Waals surface area contributed by atoms with Crippen LogP contribution in [0.25, 0.3) is 43.8 Å². The molecular formula is C81H78N2. The quantitative estimate of drug-likeness (QED) is 0.135. The normalized spacial score (nSPS) is 18.0. The molecule has 1 spiro atoms. The highest BCUT2D eigenvalue weighted by Crippen LogP contribution is 2.65. The Hall–Kier alpha value is -7.68. The van der Waals surface area contributed by atoms with Crippen molar-refractivity contribution < 1.29 is 0 Å². The van der Waals surface area contributed by atoms with Crippen LogP contribution in [0.2, 0.25) is 0 Å². The van der Waals surface area contributed by atoms with Crippen LogP contribution in [-0.2, 0) is 5.41 Å². The van der Waals surface area contributed by atoms with Gasteiger partial charge in [0.2, 0.25) is 0 Å². The van der Waals surface area contributed by atoms with Gasteiger partial charge < -0.3 is 9.80 Å². The second-order valence-corrected chi connectivity index (χ2v) is 26.0. The molecule has 10 aromatic rings. The van der Waals surface area contributed by atoms with E-state index in [4.69, 9.17) is 0 Å². The predicted octanol–water partition coefficient (Wildman–Crippen LogP) is 23.5. The third kappa shape index (κ3) is 8.87. The lowest BCUT2D eigenvalue weighted by Crippen LogP contribution is -2.26. The average molecular weight is 1080 g/mol. The lowest BCUT2D eigenvalue weighted by molar-refractivity contribution is 0.443. The van der Waals surface area contributed by atoms with E-state index in [1.165, 1.54) is 251 Å². The zero-order chi connectivity index (χ0) is 54.8. The highest BCUT2D eigenvalue weighted by Gasteiger charge is 2.52. The van der Waals surface area contributed by atoms with E-state index in [0.29, 0.717) is 23.7 Å². The van der Waals surface area contributed by atoms with Gasteiger partial charge in [0, 0.05) is 34.1 Å². The van der Waals surface area contributed by atoms with E-state index in [2.05, 4.69) is 216 Å². The summed E-state index contributed by atoms with van der Waals surface area (Å²) in [7, 11) is 0. The molecule has 0 unspecified atom stereocenters. The molecule has 0 heterocycles. The molecule has 0 radical (unpaired) electrons. The molecule has 2 heteroatoms. The molecule has 16 rings (SSSR count). The van der Waals surface area contributed by atoms with Crippen molar-refractivity contribution in [3.05, 3.63) is 251 Å². The number of fused-ring (bicyclic) bond motifs is 13. The molecule has 10 aromatic carbocycles. The monoisotopic (exact) mass is 1080 g/mol. The summed E-state index contributed by atoms with van der Waals surface area (Å²) in [5.74, 6) is 2.68. The van der Waals surface area contributed by atoms with E-state index in [9.17, 15) is 0 Å². The number of benzene rings is 10. The minimum Gasteiger partial charge on any atom is -0.310 e. The minimum absolute atomic E-state index is 0.518. The first-order valence-electron chi connectivity index (χ1n) is 32.5. The fourth-order valence-electron chi connectivity index (χ4n) is 17.2. The standard InChI is InChI=1S/C81H78N2/c1-5-17-55(18-6-1)59-29-39-66(40-30-59)82(67-41-31-60(32-42-67)56-19-7-2-8-20-56)70-47-37-63-53-76-75-49-38-64-51-71(48-50-72(64)80(75)81(79(76)54-65(63)52-70)77-27-15-13-25-73(77)74-26-14-16-28-78(74)81)83(68-43-33-61(34-44-68)57-21-9-3-10-22-57)69-45-35-62(36-46-69)58-23-11-4-12-24-58/h13-16,25-58H,1-12,17-24H2. The maximum atomic E-state index is 2.60. The summed E-state index contributed by atoms with van der Waals surface area (Å²) in [5.41, 5.74) is 23.6. The smallest absolute Gasteiger partial charge is 0.0731 e. The van der Waals surface area contributed by atoms with E-state index in [1.807, 2.05) is 0 Å². The van der Waals surface area contributed by atoms with Crippen molar-refractivity contribution in [3.8, 4) is 22.3 Å². The fourth-order valence-corrected chi connectivity index (χ4v) is 17.2. The first kappa shape index (κ1) is 51.0. The van der Waals surface area contributed by atoms with Crippen molar-refractivity contribution in [2.45, 2.75) is 158 Å². The first-order valence-corrected chi connectivity index (χ1v) is 32.5. The number of rotatable bonds is 10. The molecule has 83 heavy (non-hydrogen) atoms. The number of hydrogen-bond donors (Lipinski definition) is 0. The molecule has 412 valence electrons. The van der Waals surface area contributed by atoms with Gasteiger partial charge in [-0.05, 0) is 248 Å². The summed E-state index contributed by atoms with van der Waals surface area (Å²) in [6.45, 7) is 0. The molecule has 0 saturated heterocycles. The molecule has 4 saturated carbocycles. The zero-order valence-electron chi connectivity index (χ0n) is 48.5. The fraction of sp³-hybridized carbons (Fsp3) is 0.309. The Morgan fingerprint density at radius 2 is 0.614 bits per heavy atom. The van der Waals surface area contributed by atoms with Crippen molar-refractivity contribution in [2.24, 2.45) is 0 Å². The van der Waals surface area contributed by atoms with Crippen molar-refractivity contribution in [3.63, 3.8) is 0 Å². The summed E-state index contributed by atoms with van der Waals surface area (Å²) in [6, 6.07) is 82.1. The summed E-state index contributed by atoms with van der Waals surface area (Å²) < 4.78 is 0. The maximum absolute atomic E-state index is 2.60. The van der Waals surface area contributed by atoms with Crippen LogP contribution in [0.1, 0.15) is 197 Å². The van der Waals surface area contributed by atoms with Gasteiger partial charge in [-0.25, -0.2) is 0 Å². The molecule has 6 aliphatic carbocycles. The molecule has 0 aliphatic heterocycles. The Bertz CT molecular complexity index is 3820. The second-order valence-electron chi connectivity index (χ2n) is 26.0. The predicted molar refractivity (Wildman–Crippen MR) is 350 cm³/mol. The zero-order valence-corrected chi connectivity index (χ0v) is 48.5. The molecule has 0 atom stereocenters. The SMILES string of the molecule is c1ccc2c(c1)-c1ccccc1C21c2cc3cc(N(c4ccc(C5CCCCC5)cc4)c4ccc(C5CCCCC5)cc4)ccc3cc2-c2ccc3cc(N(c4ccc(C5CCCCC5)cc4)c4ccc(C5CCCCC5)cc4)ccc3c21. The summed E-state index contributed by atoms with van der Waals surface area (Å²) >= 11 is 0. The highest BCUT2D eigenvalue weighted by atomic mass is 15.1. The van der Waals surface area contributed by atoms with Crippen LogP contribution in [-0.4, -0.2) is 0 Å². The number of anilines is 6. The molecule has 2 nitrogen and oxygen atoms in total. The van der Waals surface area contributed by atoms with Gasteiger partial charge in [-0.15, -0.1) is 0 Å². The van der Waals surface area contributed by atoms with E-state index in [0.717, 1.165) is 0 Å². The van der Waals surface area contributed by atoms with Crippen molar-refractivity contribution in [1.29, 1.82) is 0 Å². The van der Waals surface area contributed by atoms with E-state index in [-0.39, 0.29) is 0 Å². The van der Waals surface area contributed by atoms with Gasteiger partial charge in [-0.3, -0.25) is 0 Å². The molecule has 6 aliphatic rings. The van der Waals surface area contributed by atoms with Crippen molar-refractivity contribution >= 4 is 55.7 Å². The Morgan fingerprint density at radius 1 is 0.253 bits per heavy atom. The van der Waals surface area contributed by atoms with Gasteiger partial charge in [-0.1, -0.05) is 198 Å². The summed E-state index contributed by atoms with van der Waals surface area (Å²) in [4.78, 5) is 5.05. The highest BCUT2D eigenvalue weighted by molar-refractivity contribution is 6.07. The lowest BCUT2D eigenvalue weighted by atomic mass is 9.69. The van der Waals surface area contributed by atoms with E-state index < -0.39 is 5.41 Å². The van der Waals surface area contributed by atoms with Crippen LogP contribution in [0.15, 0.2) is 206 Å². The Kier molecular flexibility index (Phi) is 13.2. The molecule has 0 aromatic heterocycles. The van der Waals surface area contributed by atoms with Crippen LogP contribution in [0.3, 0.4) is 0 Å². The van der Waals surface area contributed by atoms with E-state index >= 15 is 0 Å². The Morgan fingerprint density at radius 3 is 1.04 bits per heavy atom. The van der Waals surface area contributed by atoms with Crippen LogP contribution >= 0.6 is 0 Å². The van der Waals surface area contributed by atoms with Crippen LogP contribution < -0.4 is 9.80 Å². The molecular weight excluding hydrogens is 1000 g/mol. The third-order valence-corrected chi connectivity index (χ3v) is 21.4. The molecule has 4 fully saturated rings. The topological polar surface area (TPSA) is 6.48 Å². The van der Waals surface area contributed by atoms with E-state index in [1.54, 1.807) is 0 Å². The van der Waals surface area contributed by atoms with Crippen LogP contribution in [0, 0.1) is 0 Å². The first-order chi connectivity index (χ1) is 41.1. The number of nitrogens with zero attached hydrogens (tertiary/aromatic N) is 2. The average Bonchev–Trinajstić information content (AvgIpc) is 1.57. The molecule has 0 bridgehead atoms. The summed E-state index contributed by atoms with van der Waals surface area (Å²) in [5, 5.41) is 5.12. The van der Waals surface area contributed by atoms with Crippen LogP contribution in [0.5, 0.6) is 0 Å². The number of hydrogen-bond acceptors (Lipinski definition) is 2. The van der Waals surface area contributed by atoms with Gasteiger partial charge in [-0.2, -0.15) is 0 Å². The molecule has 0 N–H and O–H groups in total. The maximum Gasteiger partial charge on any atom is 0.0731 e. The van der Waals surface area contributed by atoms with Crippen molar-refractivity contribution in [2.75, 3.05) is 9.80 Å². The van der Waals surface area contributed by atoms with Gasteiger partial charge >= 0.3 is 0 Å².